The Hall–Kier alpha value is -0.610. The van der Waals surface area contributed by atoms with Crippen LogP contribution in [0.25, 0.3) is 0 Å². The molecule has 0 bridgehead atoms. The van der Waals surface area contributed by atoms with Gasteiger partial charge in [0.1, 0.15) is 0 Å². The first-order valence-corrected chi connectivity index (χ1v) is 6.53. The molecule has 0 aromatic carbocycles. The van der Waals surface area contributed by atoms with E-state index in [-0.39, 0.29) is 6.54 Å². The summed E-state index contributed by atoms with van der Waals surface area (Å²) in [6, 6.07) is 0. The molecule has 1 rings (SSSR count). The van der Waals surface area contributed by atoms with Gasteiger partial charge in [-0.1, -0.05) is 20.8 Å². The lowest BCUT2D eigenvalue weighted by atomic mass is 9.92. The summed E-state index contributed by atoms with van der Waals surface area (Å²) in [5, 5.41) is 8.78. The lowest BCUT2D eigenvalue weighted by Gasteiger charge is -2.25. The summed E-state index contributed by atoms with van der Waals surface area (Å²) in [5.41, 5.74) is 0.382. The lowest BCUT2D eigenvalue weighted by molar-refractivity contribution is -0.138. The summed E-state index contributed by atoms with van der Waals surface area (Å²) in [7, 11) is 0. The molecule has 4 heteroatoms. The zero-order chi connectivity index (χ0) is 12.9. The molecule has 1 N–H and O–H groups in total. The highest BCUT2D eigenvalue weighted by Crippen LogP contribution is 2.19. The molecule has 0 unspecified atom stereocenters. The van der Waals surface area contributed by atoms with E-state index in [0.29, 0.717) is 5.41 Å². The van der Waals surface area contributed by atoms with Crippen molar-refractivity contribution in [3.63, 3.8) is 0 Å². The molecule has 1 aliphatic rings. The van der Waals surface area contributed by atoms with E-state index in [0.717, 1.165) is 39.1 Å². The van der Waals surface area contributed by atoms with Gasteiger partial charge >= 0.3 is 5.97 Å². The number of hydrogen-bond donors (Lipinski definition) is 1. The highest BCUT2D eigenvalue weighted by molar-refractivity contribution is 5.69. The van der Waals surface area contributed by atoms with Gasteiger partial charge in [-0.2, -0.15) is 0 Å². The van der Waals surface area contributed by atoms with Crippen LogP contribution in [0.15, 0.2) is 0 Å². The fraction of sp³-hybridized carbons (Fsp3) is 0.923. The summed E-state index contributed by atoms with van der Waals surface area (Å²) in [6.07, 6.45) is 2.28. The first kappa shape index (κ1) is 14.5. The van der Waals surface area contributed by atoms with Crippen molar-refractivity contribution in [3.8, 4) is 0 Å². The standard InChI is InChI=1S/C13H26N2O2/c1-13(2,3)5-8-14-6-4-7-15(10-9-14)11-12(16)17/h4-11H2,1-3H3,(H,16,17). The quantitative estimate of drug-likeness (QED) is 0.811. The van der Waals surface area contributed by atoms with E-state index in [9.17, 15) is 4.79 Å². The van der Waals surface area contributed by atoms with E-state index in [4.69, 9.17) is 5.11 Å². The van der Waals surface area contributed by atoms with Crippen LogP contribution in [0, 0.1) is 5.41 Å². The van der Waals surface area contributed by atoms with Gasteiger partial charge in [0.2, 0.25) is 0 Å². The first-order chi connectivity index (χ1) is 7.87. The number of nitrogens with zero attached hydrogens (tertiary/aromatic N) is 2. The minimum absolute atomic E-state index is 0.188. The Balaban J connectivity index is 2.30. The van der Waals surface area contributed by atoms with Crippen molar-refractivity contribution < 1.29 is 9.90 Å². The second-order valence-corrected chi connectivity index (χ2v) is 6.18. The van der Waals surface area contributed by atoms with Gasteiger partial charge in [0.25, 0.3) is 0 Å². The average Bonchev–Trinajstić information content (AvgIpc) is 2.38. The molecule has 1 fully saturated rings. The summed E-state index contributed by atoms with van der Waals surface area (Å²) < 4.78 is 0. The van der Waals surface area contributed by atoms with Gasteiger partial charge in [0.15, 0.2) is 0 Å². The van der Waals surface area contributed by atoms with Crippen LogP contribution in [0.3, 0.4) is 0 Å². The molecule has 100 valence electrons. The molecule has 0 spiro atoms. The maximum Gasteiger partial charge on any atom is 0.317 e. The Morgan fingerprint density at radius 1 is 1.12 bits per heavy atom. The number of carboxylic acids is 1. The zero-order valence-electron chi connectivity index (χ0n) is 11.4. The van der Waals surface area contributed by atoms with Crippen LogP contribution >= 0.6 is 0 Å². The van der Waals surface area contributed by atoms with Crippen molar-refractivity contribution in [1.29, 1.82) is 0 Å². The SMILES string of the molecule is CC(C)(C)CCN1CCCN(CC(=O)O)CC1. The van der Waals surface area contributed by atoms with E-state index in [1.54, 1.807) is 0 Å². The molecule has 0 aliphatic carbocycles. The molecular weight excluding hydrogens is 216 g/mol. The van der Waals surface area contributed by atoms with E-state index in [1.165, 1.54) is 6.42 Å². The zero-order valence-corrected chi connectivity index (χ0v) is 11.4. The first-order valence-electron chi connectivity index (χ1n) is 6.53. The average molecular weight is 242 g/mol. The Morgan fingerprint density at radius 3 is 2.29 bits per heavy atom. The minimum atomic E-state index is -0.715. The number of carboxylic acid groups (broad SMARTS) is 1. The third-order valence-electron chi connectivity index (χ3n) is 3.22. The third kappa shape index (κ3) is 6.64. The van der Waals surface area contributed by atoms with Gasteiger partial charge in [0, 0.05) is 19.6 Å². The monoisotopic (exact) mass is 242 g/mol. The van der Waals surface area contributed by atoms with E-state index >= 15 is 0 Å². The summed E-state index contributed by atoms with van der Waals surface area (Å²) in [6.45, 7) is 12.0. The fourth-order valence-electron chi connectivity index (χ4n) is 2.09. The lowest BCUT2D eigenvalue weighted by Crippen LogP contribution is -2.35. The second-order valence-electron chi connectivity index (χ2n) is 6.18. The van der Waals surface area contributed by atoms with Crippen molar-refractivity contribution in [1.82, 2.24) is 9.80 Å². The molecule has 17 heavy (non-hydrogen) atoms. The Morgan fingerprint density at radius 2 is 1.71 bits per heavy atom. The molecule has 0 aromatic rings. The molecule has 4 nitrogen and oxygen atoms in total. The number of rotatable bonds is 4. The van der Waals surface area contributed by atoms with Crippen LogP contribution in [-0.2, 0) is 4.79 Å². The Bertz CT molecular complexity index is 248. The molecule has 1 heterocycles. The van der Waals surface area contributed by atoms with E-state index in [2.05, 4.69) is 25.7 Å². The maximum absolute atomic E-state index is 10.7. The molecule has 1 saturated heterocycles. The molecule has 0 atom stereocenters. The van der Waals surface area contributed by atoms with Crippen molar-refractivity contribution >= 4 is 5.97 Å². The van der Waals surface area contributed by atoms with Crippen molar-refractivity contribution in [2.45, 2.75) is 33.6 Å². The van der Waals surface area contributed by atoms with Crippen molar-refractivity contribution in [3.05, 3.63) is 0 Å². The van der Waals surface area contributed by atoms with E-state index < -0.39 is 5.97 Å². The van der Waals surface area contributed by atoms with Crippen LogP contribution in [0.4, 0.5) is 0 Å². The summed E-state index contributed by atoms with van der Waals surface area (Å²) in [5.74, 6) is -0.715. The molecule has 1 aliphatic heterocycles. The largest absolute Gasteiger partial charge is 0.480 e. The molecule has 0 aromatic heterocycles. The van der Waals surface area contributed by atoms with Gasteiger partial charge in [0.05, 0.1) is 6.54 Å². The van der Waals surface area contributed by atoms with Crippen LogP contribution in [0.1, 0.15) is 33.6 Å². The second kappa shape index (κ2) is 6.36. The molecule has 0 saturated carbocycles. The van der Waals surface area contributed by atoms with Gasteiger partial charge in [-0.3, -0.25) is 9.69 Å². The predicted octanol–water partition coefficient (Wildman–Crippen LogP) is 1.51. The van der Waals surface area contributed by atoms with Crippen molar-refractivity contribution in [2.24, 2.45) is 5.41 Å². The maximum atomic E-state index is 10.7. The molecular formula is C13H26N2O2. The predicted molar refractivity (Wildman–Crippen MR) is 69.2 cm³/mol. The van der Waals surface area contributed by atoms with Crippen LogP contribution in [-0.4, -0.2) is 60.1 Å². The van der Waals surface area contributed by atoms with Gasteiger partial charge in [-0.05, 0) is 31.3 Å². The minimum Gasteiger partial charge on any atom is -0.480 e. The smallest absolute Gasteiger partial charge is 0.317 e. The third-order valence-corrected chi connectivity index (χ3v) is 3.22. The van der Waals surface area contributed by atoms with Crippen LogP contribution < -0.4 is 0 Å². The van der Waals surface area contributed by atoms with Crippen molar-refractivity contribution in [2.75, 3.05) is 39.3 Å². The fourth-order valence-corrected chi connectivity index (χ4v) is 2.09. The van der Waals surface area contributed by atoms with Crippen LogP contribution in [0.5, 0.6) is 0 Å². The highest BCUT2D eigenvalue weighted by Gasteiger charge is 2.18. The highest BCUT2D eigenvalue weighted by atomic mass is 16.4. The topological polar surface area (TPSA) is 43.8 Å². The number of hydrogen-bond acceptors (Lipinski definition) is 3. The molecule has 0 amide bonds. The summed E-state index contributed by atoms with van der Waals surface area (Å²) in [4.78, 5) is 15.2. The molecule has 0 radical (unpaired) electrons. The van der Waals surface area contributed by atoms with Gasteiger partial charge < -0.3 is 10.0 Å². The number of aliphatic carboxylic acids is 1. The Labute approximate surface area is 105 Å². The normalized spacial score (nSPS) is 20.2. The number of carbonyl (C=O) groups is 1. The van der Waals surface area contributed by atoms with Gasteiger partial charge in [-0.15, -0.1) is 0 Å². The Kier molecular flexibility index (Phi) is 5.40. The van der Waals surface area contributed by atoms with E-state index in [1.807, 2.05) is 4.90 Å². The van der Waals surface area contributed by atoms with Crippen LogP contribution in [0.2, 0.25) is 0 Å². The van der Waals surface area contributed by atoms with Gasteiger partial charge in [-0.25, -0.2) is 0 Å². The summed E-state index contributed by atoms with van der Waals surface area (Å²) >= 11 is 0.